The molecule has 25 heavy (non-hydrogen) atoms. The lowest BCUT2D eigenvalue weighted by atomic mass is 9.87. The Labute approximate surface area is 150 Å². The van der Waals surface area contributed by atoms with Gasteiger partial charge in [0.1, 0.15) is 6.04 Å². The molecule has 1 aromatic carbocycles. The number of carbonyl (C=O) groups is 2. The normalized spacial score (nSPS) is 21.6. The van der Waals surface area contributed by atoms with Crippen LogP contribution in [0.1, 0.15) is 55.5 Å². The molecule has 1 aromatic rings. The Hall–Kier alpha value is -1.88. The highest BCUT2D eigenvalue weighted by molar-refractivity contribution is 5.98. The molecule has 0 bridgehead atoms. The lowest BCUT2D eigenvalue weighted by molar-refractivity contribution is -0.124. The molecular weight excluding hydrogens is 316 g/mol. The number of rotatable bonds is 6. The van der Waals surface area contributed by atoms with Crippen molar-refractivity contribution in [3.05, 3.63) is 35.4 Å². The molecule has 0 aliphatic heterocycles. The standard InChI is InChI=1S/C20H30N2O3/c1-13(2)18(22-19(24)17-10-5-4-7-14(17)3)20(25)21-12-15-8-6-9-16(23)11-15/h4-5,7,10,13,15-16,18,23H,6,8-9,11-12H2,1-3H3,(H,21,25)(H,22,24). The van der Waals surface area contributed by atoms with Crippen LogP contribution in [-0.2, 0) is 4.79 Å². The van der Waals surface area contributed by atoms with E-state index in [1.54, 1.807) is 6.07 Å². The van der Waals surface area contributed by atoms with E-state index >= 15 is 0 Å². The molecule has 1 aliphatic rings. The van der Waals surface area contributed by atoms with Crippen LogP contribution >= 0.6 is 0 Å². The van der Waals surface area contributed by atoms with Gasteiger partial charge >= 0.3 is 0 Å². The van der Waals surface area contributed by atoms with Crippen molar-refractivity contribution in [2.75, 3.05) is 6.54 Å². The SMILES string of the molecule is Cc1ccccc1C(=O)NC(C(=O)NCC1CCCC(O)C1)C(C)C. The minimum atomic E-state index is -0.569. The predicted octanol–water partition coefficient (Wildman–Crippen LogP) is 2.42. The maximum absolute atomic E-state index is 12.6. The Morgan fingerprint density at radius 1 is 1.24 bits per heavy atom. The first-order valence-corrected chi connectivity index (χ1v) is 9.20. The largest absolute Gasteiger partial charge is 0.393 e. The van der Waals surface area contributed by atoms with Gasteiger partial charge in [-0.3, -0.25) is 9.59 Å². The number of amides is 2. The van der Waals surface area contributed by atoms with E-state index in [1.807, 2.05) is 39.0 Å². The minimum Gasteiger partial charge on any atom is -0.393 e. The Balaban J connectivity index is 1.94. The summed E-state index contributed by atoms with van der Waals surface area (Å²) in [5, 5.41) is 15.6. The maximum Gasteiger partial charge on any atom is 0.252 e. The molecule has 3 atom stereocenters. The number of aliphatic hydroxyl groups is 1. The van der Waals surface area contributed by atoms with Crippen LogP contribution in [0, 0.1) is 18.8 Å². The van der Waals surface area contributed by atoms with E-state index in [1.165, 1.54) is 0 Å². The van der Waals surface area contributed by atoms with Crippen LogP contribution in [0.15, 0.2) is 24.3 Å². The smallest absolute Gasteiger partial charge is 0.252 e. The van der Waals surface area contributed by atoms with Crippen molar-refractivity contribution in [3.8, 4) is 0 Å². The first-order chi connectivity index (χ1) is 11.9. The van der Waals surface area contributed by atoms with Crippen molar-refractivity contribution >= 4 is 11.8 Å². The van der Waals surface area contributed by atoms with Gasteiger partial charge in [-0.15, -0.1) is 0 Å². The summed E-state index contributed by atoms with van der Waals surface area (Å²) in [7, 11) is 0. The Bertz CT molecular complexity index is 600. The van der Waals surface area contributed by atoms with Gasteiger partial charge in [0.25, 0.3) is 5.91 Å². The summed E-state index contributed by atoms with van der Waals surface area (Å²) in [6.07, 6.45) is 3.36. The van der Waals surface area contributed by atoms with Crippen molar-refractivity contribution in [1.29, 1.82) is 0 Å². The minimum absolute atomic E-state index is 0.00934. The number of hydrogen-bond acceptors (Lipinski definition) is 3. The molecule has 2 amide bonds. The molecule has 0 aromatic heterocycles. The van der Waals surface area contributed by atoms with Crippen LogP contribution in [0.3, 0.4) is 0 Å². The zero-order valence-electron chi connectivity index (χ0n) is 15.4. The third-order valence-corrected chi connectivity index (χ3v) is 4.95. The molecule has 1 aliphatic carbocycles. The van der Waals surface area contributed by atoms with Crippen molar-refractivity contribution in [2.24, 2.45) is 11.8 Å². The molecule has 5 nitrogen and oxygen atoms in total. The topological polar surface area (TPSA) is 78.4 Å². The summed E-state index contributed by atoms with van der Waals surface area (Å²) in [6.45, 7) is 6.28. The molecule has 0 saturated heterocycles. The van der Waals surface area contributed by atoms with E-state index in [4.69, 9.17) is 0 Å². The Morgan fingerprint density at radius 2 is 1.96 bits per heavy atom. The fraction of sp³-hybridized carbons (Fsp3) is 0.600. The third-order valence-electron chi connectivity index (χ3n) is 4.95. The fourth-order valence-corrected chi connectivity index (χ4v) is 3.38. The fourth-order valence-electron chi connectivity index (χ4n) is 3.38. The predicted molar refractivity (Wildman–Crippen MR) is 98.2 cm³/mol. The van der Waals surface area contributed by atoms with Crippen LogP contribution in [0.4, 0.5) is 0 Å². The second kappa shape index (κ2) is 8.99. The molecular formula is C20H30N2O3. The average Bonchev–Trinajstić information content (AvgIpc) is 2.57. The van der Waals surface area contributed by atoms with E-state index in [9.17, 15) is 14.7 Å². The van der Waals surface area contributed by atoms with Crippen molar-refractivity contribution in [2.45, 2.75) is 58.6 Å². The second-order valence-corrected chi connectivity index (χ2v) is 7.44. The van der Waals surface area contributed by atoms with Crippen molar-refractivity contribution in [3.63, 3.8) is 0 Å². The van der Waals surface area contributed by atoms with Gasteiger partial charge in [0.15, 0.2) is 0 Å². The van der Waals surface area contributed by atoms with Gasteiger partial charge in [0.05, 0.1) is 6.10 Å². The molecule has 0 radical (unpaired) electrons. The molecule has 0 spiro atoms. The molecule has 5 heteroatoms. The zero-order valence-corrected chi connectivity index (χ0v) is 15.4. The monoisotopic (exact) mass is 346 g/mol. The van der Waals surface area contributed by atoms with Gasteiger partial charge in [-0.25, -0.2) is 0 Å². The summed E-state index contributed by atoms with van der Waals surface area (Å²) in [6, 6.07) is 6.79. The second-order valence-electron chi connectivity index (χ2n) is 7.44. The van der Waals surface area contributed by atoms with E-state index in [0.717, 1.165) is 31.2 Å². The van der Waals surface area contributed by atoms with Gasteiger partial charge < -0.3 is 15.7 Å². The van der Waals surface area contributed by atoms with E-state index in [-0.39, 0.29) is 23.8 Å². The van der Waals surface area contributed by atoms with Crippen LogP contribution in [0.2, 0.25) is 0 Å². The summed E-state index contributed by atoms with van der Waals surface area (Å²) in [4.78, 5) is 25.1. The highest BCUT2D eigenvalue weighted by Gasteiger charge is 2.26. The molecule has 2 rings (SSSR count). The number of carbonyl (C=O) groups excluding carboxylic acids is 2. The van der Waals surface area contributed by atoms with E-state index in [2.05, 4.69) is 10.6 Å². The summed E-state index contributed by atoms with van der Waals surface area (Å²) < 4.78 is 0. The maximum atomic E-state index is 12.6. The van der Waals surface area contributed by atoms with E-state index < -0.39 is 6.04 Å². The molecule has 3 unspecified atom stereocenters. The zero-order chi connectivity index (χ0) is 18.4. The highest BCUT2D eigenvalue weighted by atomic mass is 16.3. The number of nitrogens with one attached hydrogen (secondary N) is 2. The first kappa shape index (κ1) is 19.4. The average molecular weight is 346 g/mol. The van der Waals surface area contributed by atoms with Crippen LogP contribution in [0.25, 0.3) is 0 Å². The lowest BCUT2D eigenvalue weighted by Gasteiger charge is -2.27. The number of hydrogen-bond donors (Lipinski definition) is 3. The van der Waals surface area contributed by atoms with Gasteiger partial charge in [0, 0.05) is 12.1 Å². The highest BCUT2D eigenvalue weighted by Crippen LogP contribution is 2.23. The molecule has 1 fully saturated rings. The Morgan fingerprint density at radius 3 is 2.60 bits per heavy atom. The van der Waals surface area contributed by atoms with Crippen LogP contribution in [-0.4, -0.2) is 35.6 Å². The number of aliphatic hydroxyl groups excluding tert-OH is 1. The van der Waals surface area contributed by atoms with Crippen LogP contribution in [0.5, 0.6) is 0 Å². The summed E-state index contributed by atoms with van der Waals surface area (Å²) in [5.74, 6) is -0.0745. The van der Waals surface area contributed by atoms with Crippen LogP contribution < -0.4 is 10.6 Å². The first-order valence-electron chi connectivity index (χ1n) is 9.20. The van der Waals surface area contributed by atoms with Crippen molar-refractivity contribution in [1.82, 2.24) is 10.6 Å². The summed E-state index contributed by atoms with van der Waals surface area (Å²) >= 11 is 0. The Kier molecular flexibility index (Phi) is 7.00. The third kappa shape index (κ3) is 5.56. The quantitative estimate of drug-likeness (QED) is 0.740. The number of benzene rings is 1. The summed E-state index contributed by atoms with van der Waals surface area (Å²) in [5.41, 5.74) is 1.48. The van der Waals surface area contributed by atoms with Gasteiger partial charge in [-0.1, -0.05) is 38.5 Å². The molecule has 138 valence electrons. The van der Waals surface area contributed by atoms with Crippen molar-refractivity contribution < 1.29 is 14.7 Å². The lowest BCUT2D eigenvalue weighted by Crippen LogP contribution is -2.50. The number of aryl methyl sites for hydroxylation is 1. The van der Waals surface area contributed by atoms with Gasteiger partial charge in [-0.05, 0) is 49.7 Å². The van der Waals surface area contributed by atoms with Gasteiger partial charge in [0.2, 0.25) is 5.91 Å². The molecule has 1 saturated carbocycles. The molecule has 0 heterocycles. The van der Waals surface area contributed by atoms with Gasteiger partial charge in [-0.2, -0.15) is 0 Å². The van der Waals surface area contributed by atoms with E-state index in [0.29, 0.717) is 18.0 Å². The molecule has 3 N–H and O–H groups in total.